The molecule has 1 aliphatic rings. The second kappa shape index (κ2) is 3.61. The number of ketones is 1. The van der Waals surface area contributed by atoms with Gasteiger partial charge in [-0.2, -0.15) is 0 Å². The molecule has 0 saturated heterocycles. The normalized spacial score (nSPS) is 19.9. The summed E-state index contributed by atoms with van der Waals surface area (Å²) in [5.41, 5.74) is 1.49. The molecule has 14 heavy (non-hydrogen) atoms. The monoisotopic (exact) mass is 255 g/mol. The van der Waals surface area contributed by atoms with Gasteiger partial charge >= 0.3 is 0 Å². The highest BCUT2D eigenvalue weighted by Crippen LogP contribution is 2.33. The summed E-state index contributed by atoms with van der Waals surface area (Å²) < 4.78 is 5.17. The number of para-hydroxylation sites is 1. The quantitative estimate of drug-likeness (QED) is 0.781. The Morgan fingerprint density at radius 2 is 2.36 bits per heavy atom. The van der Waals surface area contributed by atoms with Crippen molar-refractivity contribution < 1.29 is 9.53 Å². The first-order chi connectivity index (χ1) is 6.74. The lowest BCUT2D eigenvalue weighted by molar-refractivity contribution is 0.0991. The zero-order valence-corrected chi connectivity index (χ0v) is 9.30. The van der Waals surface area contributed by atoms with Crippen LogP contribution in [0.3, 0.4) is 0 Å². The number of carbonyl (C=O) groups excluding carboxylic acids is 1. The molecule has 1 atom stereocenters. The topological polar surface area (TPSA) is 38.3 Å². The second-order valence-electron chi connectivity index (χ2n) is 3.10. The van der Waals surface area contributed by atoms with Crippen LogP contribution in [-0.2, 0) is 0 Å². The van der Waals surface area contributed by atoms with Gasteiger partial charge in [0.2, 0.25) is 0 Å². The Bertz CT molecular complexity index is 378. The fourth-order valence-electron chi connectivity index (χ4n) is 1.54. The van der Waals surface area contributed by atoms with E-state index in [4.69, 9.17) is 4.74 Å². The van der Waals surface area contributed by atoms with Crippen LogP contribution in [-0.4, -0.2) is 24.3 Å². The molecule has 0 radical (unpaired) electrons. The van der Waals surface area contributed by atoms with Gasteiger partial charge in [0.1, 0.15) is 5.75 Å². The Hall–Kier alpha value is -1.03. The van der Waals surface area contributed by atoms with Crippen LogP contribution < -0.4 is 10.1 Å². The average Bonchev–Trinajstić information content (AvgIpc) is 2.23. The summed E-state index contributed by atoms with van der Waals surface area (Å²) in [4.78, 5) is 11.6. The average molecular weight is 256 g/mol. The summed E-state index contributed by atoms with van der Waals surface area (Å²) >= 11 is 3.32. The molecule has 0 saturated carbocycles. The number of alkyl halides is 1. The molecule has 1 heterocycles. The molecule has 0 bridgehead atoms. The molecule has 74 valence electrons. The van der Waals surface area contributed by atoms with E-state index in [2.05, 4.69) is 21.2 Å². The number of benzene rings is 1. The summed E-state index contributed by atoms with van der Waals surface area (Å²) in [5.74, 6) is 0.827. The first-order valence-electron chi connectivity index (χ1n) is 4.33. The van der Waals surface area contributed by atoms with Crippen LogP contribution in [0.15, 0.2) is 18.2 Å². The number of methoxy groups -OCH3 is 1. The minimum Gasteiger partial charge on any atom is -0.495 e. The predicted molar refractivity (Wildman–Crippen MR) is 58.5 cm³/mol. The molecular formula is C10H10BrNO2. The van der Waals surface area contributed by atoms with Gasteiger partial charge in [0.15, 0.2) is 5.78 Å². The highest BCUT2D eigenvalue weighted by Gasteiger charge is 2.26. The molecule has 0 fully saturated rings. The molecule has 1 unspecified atom stereocenters. The maximum absolute atomic E-state index is 11.7. The van der Waals surface area contributed by atoms with E-state index in [0.717, 1.165) is 11.4 Å². The van der Waals surface area contributed by atoms with Crippen molar-refractivity contribution in [3.8, 4) is 5.75 Å². The van der Waals surface area contributed by atoms with E-state index in [1.165, 1.54) is 0 Å². The van der Waals surface area contributed by atoms with Crippen LogP contribution in [0.25, 0.3) is 0 Å². The van der Waals surface area contributed by atoms with Crippen molar-refractivity contribution in [3.63, 3.8) is 0 Å². The number of halogens is 1. The van der Waals surface area contributed by atoms with E-state index in [0.29, 0.717) is 12.1 Å². The van der Waals surface area contributed by atoms with Crippen molar-refractivity contribution in [2.75, 3.05) is 19.0 Å². The molecule has 0 aromatic heterocycles. The summed E-state index contributed by atoms with van der Waals surface area (Å²) in [5, 5.41) is 3.17. The molecule has 2 rings (SSSR count). The molecule has 1 aliphatic heterocycles. The van der Waals surface area contributed by atoms with Gasteiger partial charge < -0.3 is 10.1 Å². The third-order valence-electron chi connectivity index (χ3n) is 2.25. The molecule has 4 heteroatoms. The number of Topliss-reactive ketones (excluding diaryl/α,β-unsaturated/α-hetero) is 1. The van der Waals surface area contributed by atoms with E-state index in [9.17, 15) is 4.79 Å². The van der Waals surface area contributed by atoms with E-state index in [1.54, 1.807) is 13.2 Å². The number of fused-ring (bicyclic) bond motifs is 1. The largest absolute Gasteiger partial charge is 0.495 e. The Morgan fingerprint density at radius 3 is 3.07 bits per heavy atom. The van der Waals surface area contributed by atoms with Gasteiger partial charge in [0.05, 0.1) is 17.6 Å². The fourth-order valence-corrected chi connectivity index (χ4v) is 1.95. The lowest BCUT2D eigenvalue weighted by atomic mass is 10.0. The standard InChI is InChI=1S/C10H10BrNO2/c1-14-8-4-2-3-6-9(8)12-5-7(11)10(6)13/h2-4,7,12H,5H2,1H3. The van der Waals surface area contributed by atoms with Crippen LogP contribution >= 0.6 is 15.9 Å². The Morgan fingerprint density at radius 1 is 1.57 bits per heavy atom. The second-order valence-corrected chi connectivity index (χ2v) is 4.20. The Kier molecular flexibility index (Phi) is 2.46. The van der Waals surface area contributed by atoms with Crippen molar-refractivity contribution in [1.29, 1.82) is 0 Å². The summed E-state index contributed by atoms with van der Waals surface area (Å²) in [6.45, 7) is 0.603. The predicted octanol–water partition coefficient (Wildman–Crippen LogP) is 2.07. The van der Waals surface area contributed by atoms with Crippen LogP contribution in [0.1, 0.15) is 10.4 Å². The van der Waals surface area contributed by atoms with Crippen molar-refractivity contribution in [2.24, 2.45) is 0 Å². The van der Waals surface area contributed by atoms with Gasteiger partial charge in [-0.05, 0) is 12.1 Å². The smallest absolute Gasteiger partial charge is 0.180 e. The molecular weight excluding hydrogens is 246 g/mol. The highest BCUT2D eigenvalue weighted by molar-refractivity contribution is 9.10. The van der Waals surface area contributed by atoms with E-state index in [-0.39, 0.29) is 10.6 Å². The zero-order chi connectivity index (χ0) is 10.1. The zero-order valence-electron chi connectivity index (χ0n) is 7.71. The number of hydrogen-bond donors (Lipinski definition) is 1. The summed E-state index contributed by atoms with van der Waals surface area (Å²) in [7, 11) is 1.60. The van der Waals surface area contributed by atoms with Crippen molar-refractivity contribution in [3.05, 3.63) is 23.8 Å². The summed E-state index contributed by atoms with van der Waals surface area (Å²) in [6.07, 6.45) is 0. The van der Waals surface area contributed by atoms with Gasteiger partial charge in [-0.1, -0.05) is 22.0 Å². The van der Waals surface area contributed by atoms with Crippen LogP contribution in [0, 0.1) is 0 Å². The SMILES string of the molecule is COc1cccc2c1NCC(Br)C2=O. The van der Waals surface area contributed by atoms with Crippen LogP contribution in [0.4, 0.5) is 5.69 Å². The van der Waals surface area contributed by atoms with Crippen molar-refractivity contribution in [1.82, 2.24) is 0 Å². The number of nitrogens with one attached hydrogen (secondary N) is 1. The third-order valence-corrected chi connectivity index (χ3v) is 2.99. The van der Waals surface area contributed by atoms with Crippen molar-refractivity contribution >= 4 is 27.4 Å². The Labute approximate surface area is 90.6 Å². The number of anilines is 1. The summed E-state index contributed by atoms with van der Waals surface area (Å²) in [6, 6.07) is 5.47. The van der Waals surface area contributed by atoms with E-state index >= 15 is 0 Å². The van der Waals surface area contributed by atoms with E-state index in [1.807, 2.05) is 12.1 Å². The molecule has 1 aromatic carbocycles. The molecule has 0 aliphatic carbocycles. The number of rotatable bonds is 1. The molecule has 3 nitrogen and oxygen atoms in total. The molecule has 1 aromatic rings. The maximum Gasteiger partial charge on any atom is 0.180 e. The van der Waals surface area contributed by atoms with Gasteiger partial charge in [-0.3, -0.25) is 4.79 Å². The van der Waals surface area contributed by atoms with Gasteiger partial charge in [-0.15, -0.1) is 0 Å². The van der Waals surface area contributed by atoms with Gasteiger partial charge in [0, 0.05) is 12.1 Å². The van der Waals surface area contributed by atoms with Gasteiger partial charge in [-0.25, -0.2) is 0 Å². The van der Waals surface area contributed by atoms with Crippen molar-refractivity contribution in [2.45, 2.75) is 4.83 Å². The maximum atomic E-state index is 11.7. The fraction of sp³-hybridized carbons (Fsp3) is 0.300. The van der Waals surface area contributed by atoms with Crippen LogP contribution in [0.2, 0.25) is 0 Å². The molecule has 0 amide bonds. The van der Waals surface area contributed by atoms with Gasteiger partial charge in [0.25, 0.3) is 0 Å². The molecule has 1 N–H and O–H groups in total. The highest BCUT2D eigenvalue weighted by atomic mass is 79.9. The lowest BCUT2D eigenvalue weighted by Crippen LogP contribution is -2.29. The minimum absolute atomic E-state index is 0.109. The molecule has 0 spiro atoms. The first kappa shape index (κ1) is 9.52. The minimum atomic E-state index is -0.137. The Balaban J connectivity index is 2.52. The number of ether oxygens (including phenoxy) is 1. The van der Waals surface area contributed by atoms with Crippen LogP contribution in [0.5, 0.6) is 5.75 Å². The first-order valence-corrected chi connectivity index (χ1v) is 5.24. The number of carbonyl (C=O) groups is 1. The van der Waals surface area contributed by atoms with E-state index < -0.39 is 0 Å². The third kappa shape index (κ3) is 1.39. The number of hydrogen-bond acceptors (Lipinski definition) is 3. The lowest BCUT2D eigenvalue weighted by Gasteiger charge is -2.22.